The molecule has 1 fully saturated rings. The fraction of sp³-hybridized carbons (Fsp3) is 0.107. The van der Waals surface area contributed by atoms with Crippen LogP contribution in [-0.2, 0) is 9.59 Å². The Kier molecular flexibility index (Phi) is 5.55. The van der Waals surface area contributed by atoms with Gasteiger partial charge in [0.15, 0.2) is 0 Å². The fourth-order valence-electron chi connectivity index (χ4n) is 4.32. The number of nitrogens with zero attached hydrogens (tertiary/aromatic N) is 2. The first-order chi connectivity index (χ1) is 16.6. The van der Waals surface area contributed by atoms with Gasteiger partial charge in [-0.15, -0.1) is 0 Å². The Balaban J connectivity index is 1.67. The lowest BCUT2D eigenvalue weighted by molar-refractivity contribution is -0.132. The van der Waals surface area contributed by atoms with Crippen LogP contribution >= 0.6 is 0 Å². The van der Waals surface area contributed by atoms with Crippen molar-refractivity contribution < 1.29 is 19.4 Å². The topological polar surface area (TPSA) is 79.7 Å². The van der Waals surface area contributed by atoms with Crippen molar-refractivity contribution in [3.05, 3.63) is 108 Å². The summed E-state index contributed by atoms with van der Waals surface area (Å²) in [6.07, 6.45) is 3.20. The molecule has 5 rings (SSSR count). The number of ketones is 1. The summed E-state index contributed by atoms with van der Waals surface area (Å²) in [5.41, 5.74) is 1.72. The van der Waals surface area contributed by atoms with Crippen LogP contribution in [0.5, 0.6) is 5.75 Å². The maximum absolute atomic E-state index is 13.3. The number of anilines is 1. The Morgan fingerprint density at radius 1 is 0.941 bits per heavy atom. The molecule has 4 aromatic rings. The normalized spacial score (nSPS) is 17.3. The van der Waals surface area contributed by atoms with Crippen LogP contribution in [0.4, 0.5) is 5.69 Å². The zero-order valence-electron chi connectivity index (χ0n) is 18.5. The van der Waals surface area contributed by atoms with Gasteiger partial charge in [0.05, 0.1) is 18.2 Å². The minimum atomic E-state index is -0.799. The van der Waals surface area contributed by atoms with E-state index in [1.807, 2.05) is 43.3 Å². The van der Waals surface area contributed by atoms with Crippen LogP contribution in [0.2, 0.25) is 0 Å². The van der Waals surface area contributed by atoms with Crippen molar-refractivity contribution in [2.75, 3.05) is 11.5 Å². The molecule has 3 aromatic carbocycles. The first-order valence-corrected chi connectivity index (χ1v) is 11.0. The average Bonchev–Trinajstić information content (AvgIpc) is 3.15. The number of fused-ring (bicyclic) bond motifs is 1. The van der Waals surface area contributed by atoms with Crippen molar-refractivity contribution in [2.24, 2.45) is 0 Å². The van der Waals surface area contributed by atoms with Gasteiger partial charge in [0, 0.05) is 23.6 Å². The smallest absolute Gasteiger partial charge is 0.300 e. The largest absolute Gasteiger partial charge is 0.507 e. The molecule has 1 unspecified atom stereocenters. The molecule has 34 heavy (non-hydrogen) atoms. The van der Waals surface area contributed by atoms with Crippen LogP contribution in [-0.4, -0.2) is 28.4 Å². The SMILES string of the molecule is CCOc1ccc(N2C(=O)C(=O)/C(=C(\O)c3ccc4ccccc4c3)C2c2ccncc2)cc1. The van der Waals surface area contributed by atoms with E-state index in [-0.39, 0.29) is 11.3 Å². The van der Waals surface area contributed by atoms with E-state index in [1.54, 1.807) is 54.9 Å². The maximum atomic E-state index is 13.3. The van der Waals surface area contributed by atoms with E-state index in [9.17, 15) is 14.7 Å². The Bertz CT molecular complexity index is 1410. The number of ether oxygens (including phenoxy) is 1. The van der Waals surface area contributed by atoms with Gasteiger partial charge in [-0.1, -0.05) is 36.4 Å². The van der Waals surface area contributed by atoms with Gasteiger partial charge in [-0.3, -0.25) is 19.5 Å². The summed E-state index contributed by atoms with van der Waals surface area (Å²) in [4.78, 5) is 32.0. The van der Waals surface area contributed by atoms with Gasteiger partial charge < -0.3 is 9.84 Å². The molecule has 1 amide bonds. The van der Waals surface area contributed by atoms with Gasteiger partial charge in [0.1, 0.15) is 11.5 Å². The van der Waals surface area contributed by atoms with Crippen LogP contribution in [0.1, 0.15) is 24.1 Å². The number of hydrogen-bond acceptors (Lipinski definition) is 5. The highest BCUT2D eigenvalue weighted by Crippen LogP contribution is 2.42. The predicted molar refractivity (Wildman–Crippen MR) is 131 cm³/mol. The molecule has 1 aliphatic heterocycles. The Labute approximate surface area is 196 Å². The summed E-state index contributed by atoms with van der Waals surface area (Å²) in [6.45, 7) is 2.41. The molecule has 0 aliphatic carbocycles. The number of carbonyl (C=O) groups is 2. The minimum Gasteiger partial charge on any atom is -0.507 e. The second kappa shape index (κ2) is 8.83. The molecule has 1 N–H and O–H groups in total. The minimum absolute atomic E-state index is 0.0420. The maximum Gasteiger partial charge on any atom is 0.300 e. The zero-order valence-corrected chi connectivity index (χ0v) is 18.5. The lowest BCUT2D eigenvalue weighted by Crippen LogP contribution is -2.29. The van der Waals surface area contributed by atoms with E-state index < -0.39 is 17.7 Å². The fourth-order valence-corrected chi connectivity index (χ4v) is 4.32. The summed E-state index contributed by atoms with van der Waals surface area (Å²) in [5.74, 6) is -0.978. The second-order valence-corrected chi connectivity index (χ2v) is 7.94. The molecular weight excluding hydrogens is 428 g/mol. The molecule has 0 bridgehead atoms. The van der Waals surface area contributed by atoms with Gasteiger partial charge in [-0.05, 0) is 65.7 Å². The summed E-state index contributed by atoms with van der Waals surface area (Å²) < 4.78 is 5.51. The van der Waals surface area contributed by atoms with E-state index in [0.29, 0.717) is 29.2 Å². The molecular formula is C28H22N2O4. The Morgan fingerprint density at radius 3 is 2.35 bits per heavy atom. The molecule has 1 saturated heterocycles. The number of benzene rings is 3. The summed E-state index contributed by atoms with van der Waals surface area (Å²) >= 11 is 0. The number of Topliss-reactive ketones (excluding diaryl/α,β-unsaturated/α-hetero) is 1. The second-order valence-electron chi connectivity index (χ2n) is 7.94. The van der Waals surface area contributed by atoms with Crippen LogP contribution in [0.3, 0.4) is 0 Å². The van der Waals surface area contributed by atoms with Crippen molar-refractivity contribution in [2.45, 2.75) is 13.0 Å². The molecule has 1 aromatic heterocycles. The molecule has 2 heterocycles. The third-order valence-corrected chi connectivity index (χ3v) is 5.92. The zero-order chi connectivity index (χ0) is 23.7. The highest BCUT2D eigenvalue weighted by Gasteiger charge is 2.47. The molecule has 168 valence electrons. The molecule has 6 heteroatoms. The van der Waals surface area contributed by atoms with Crippen LogP contribution in [0.15, 0.2) is 96.8 Å². The number of pyridine rings is 1. The first kappa shape index (κ1) is 21.4. The molecule has 1 aliphatic rings. The number of hydrogen-bond donors (Lipinski definition) is 1. The third-order valence-electron chi connectivity index (χ3n) is 5.92. The highest BCUT2D eigenvalue weighted by atomic mass is 16.5. The van der Waals surface area contributed by atoms with Gasteiger partial charge in [-0.25, -0.2) is 0 Å². The summed E-state index contributed by atoms with van der Waals surface area (Å²) in [7, 11) is 0. The van der Waals surface area contributed by atoms with Crippen molar-refractivity contribution in [1.29, 1.82) is 0 Å². The predicted octanol–water partition coefficient (Wildman–Crippen LogP) is 5.26. The lowest BCUT2D eigenvalue weighted by Gasteiger charge is -2.25. The molecule has 0 saturated carbocycles. The van der Waals surface area contributed by atoms with Gasteiger partial charge in [0.2, 0.25) is 0 Å². The standard InChI is InChI=1S/C28H22N2O4/c1-2-34-23-11-9-22(10-12-23)30-25(19-13-15-29-16-14-19)24(27(32)28(30)33)26(31)21-8-7-18-5-3-4-6-20(18)17-21/h3-17,25,31H,2H2,1H3/b26-24-. The van der Waals surface area contributed by atoms with Crippen LogP contribution in [0, 0.1) is 0 Å². The number of aromatic nitrogens is 1. The van der Waals surface area contributed by atoms with Gasteiger partial charge in [-0.2, -0.15) is 0 Å². The van der Waals surface area contributed by atoms with E-state index in [1.165, 1.54) is 4.90 Å². The molecule has 1 atom stereocenters. The van der Waals surface area contributed by atoms with Crippen LogP contribution < -0.4 is 9.64 Å². The highest BCUT2D eigenvalue weighted by molar-refractivity contribution is 6.51. The van der Waals surface area contributed by atoms with E-state index >= 15 is 0 Å². The quantitative estimate of drug-likeness (QED) is 0.255. The average molecular weight is 450 g/mol. The van der Waals surface area contributed by atoms with E-state index in [4.69, 9.17) is 4.74 Å². The number of rotatable bonds is 5. The number of aliphatic hydroxyl groups is 1. The third kappa shape index (κ3) is 3.69. The Hall–Kier alpha value is -4.45. The number of carbonyl (C=O) groups excluding carboxylic acids is 2. The van der Waals surface area contributed by atoms with Crippen molar-refractivity contribution >= 4 is 33.9 Å². The summed E-state index contributed by atoms with van der Waals surface area (Å²) in [5, 5.41) is 13.3. The van der Waals surface area contributed by atoms with Crippen molar-refractivity contribution in [3.8, 4) is 5.75 Å². The first-order valence-electron chi connectivity index (χ1n) is 11.0. The molecule has 0 radical (unpaired) electrons. The van der Waals surface area contributed by atoms with Crippen molar-refractivity contribution in [1.82, 2.24) is 4.98 Å². The number of amides is 1. The van der Waals surface area contributed by atoms with E-state index in [2.05, 4.69) is 4.98 Å². The monoisotopic (exact) mass is 450 g/mol. The van der Waals surface area contributed by atoms with Crippen molar-refractivity contribution in [3.63, 3.8) is 0 Å². The summed E-state index contributed by atoms with van der Waals surface area (Å²) in [6, 6.07) is 22.9. The molecule has 6 nitrogen and oxygen atoms in total. The van der Waals surface area contributed by atoms with Crippen LogP contribution in [0.25, 0.3) is 16.5 Å². The van der Waals surface area contributed by atoms with Gasteiger partial charge >= 0.3 is 0 Å². The number of aliphatic hydroxyl groups excluding tert-OH is 1. The molecule has 0 spiro atoms. The van der Waals surface area contributed by atoms with Gasteiger partial charge in [0.25, 0.3) is 11.7 Å². The van der Waals surface area contributed by atoms with E-state index in [0.717, 1.165) is 10.8 Å². The lowest BCUT2D eigenvalue weighted by atomic mass is 9.95. The Morgan fingerprint density at radius 2 is 1.65 bits per heavy atom.